The number of rotatable bonds is 12. The van der Waals surface area contributed by atoms with Gasteiger partial charge in [0, 0.05) is 32.7 Å². The van der Waals surface area contributed by atoms with Crippen LogP contribution < -0.4 is 5.32 Å². The molecule has 0 aromatic heterocycles. The lowest BCUT2D eigenvalue weighted by Crippen LogP contribution is -2.35. The van der Waals surface area contributed by atoms with Crippen LogP contribution in [-0.4, -0.2) is 69.4 Å². The monoisotopic (exact) mass is 368 g/mol. The van der Waals surface area contributed by atoms with E-state index in [1.54, 1.807) is 27.7 Å². The average molecular weight is 369 g/mol. The van der Waals surface area contributed by atoms with Crippen LogP contribution in [0.3, 0.4) is 0 Å². The second kappa shape index (κ2) is 11.6. The van der Waals surface area contributed by atoms with Crippen molar-refractivity contribution in [2.45, 2.75) is 71.6 Å². The van der Waals surface area contributed by atoms with Gasteiger partial charge in [0.05, 0.1) is 24.4 Å². The largest absolute Gasteiger partial charge is 0.393 e. The van der Waals surface area contributed by atoms with Gasteiger partial charge in [0.2, 0.25) is 0 Å². The van der Waals surface area contributed by atoms with Gasteiger partial charge in [0.1, 0.15) is 0 Å². The molecule has 1 aromatic carbocycles. The third-order valence-corrected chi connectivity index (χ3v) is 3.99. The Balaban J connectivity index is 2.89. The number of aliphatic hydroxyl groups excluding tert-OH is 4. The Labute approximate surface area is 157 Å². The summed E-state index contributed by atoms with van der Waals surface area (Å²) in [5.41, 5.74) is 3.26. The first-order chi connectivity index (χ1) is 12.2. The molecule has 0 fully saturated rings. The molecule has 0 saturated carbocycles. The molecule has 5 N–H and O–H groups in total. The number of nitrogens with zero attached hydrogens (tertiary/aromatic N) is 1. The lowest BCUT2D eigenvalue weighted by atomic mass is 9.98. The molecule has 150 valence electrons. The first-order valence-electron chi connectivity index (χ1n) is 9.43. The Morgan fingerprint density at radius 2 is 1.46 bits per heavy atom. The molecule has 6 nitrogen and oxygen atoms in total. The fourth-order valence-electron chi connectivity index (χ4n) is 3.08. The summed E-state index contributed by atoms with van der Waals surface area (Å²) in [6.45, 7) is 9.77. The predicted molar refractivity (Wildman–Crippen MR) is 104 cm³/mol. The first kappa shape index (κ1) is 23.0. The molecule has 6 heteroatoms. The zero-order chi connectivity index (χ0) is 19.7. The second-order valence-electron chi connectivity index (χ2n) is 7.53. The molecule has 1 rings (SSSR count). The molecule has 4 atom stereocenters. The summed E-state index contributed by atoms with van der Waals surface area (Å²) in [5.74, 6) is 0. The van der Waals surface area contributed by atoms with Crippen molar-refractivity contribution in [3.05, 3.63) is 34.9 Å². The second-order valence-corrected chi connectivity index (χ2v) is 7.53. The van der Waals surface area contributed by atoms with Crippen LogP contribution in [0.1, 0.15) is 44.4 Å². The van der Waals surface area contributed by atoms with E-state index >= 15 is 0 Å². The van der Waals surface area contributed by atoms with Crippen molar-refractivity contribution in [2.24, 2.45) is 0 Å². The maximum absolute atomic E-state index is 9.82. The summed E-state index contributed by atoms with van der Waals surface area (Å²) in [4.78, 5) is 2.03. The van der Waals surface area contributed by atoms with Crippen molar-refractivity contribution in [3.63, 3.8) is 0 Å². The normalized spacial score (nSPS) is 16.5. The molecule has 0 aliphatic heterocycles. The van der Waals surface area contributed by atoms with E-state index in [-0.39, 0.29) is 0 Å². The van der Waals surface area contributed by atoms with Crippen LogP contribution in [-0.2, 0) is 19.5 Å². The van der Waals surface area contributed by atoms with Crippen LogP contribution in [0.2, 0.25) is 0 Å². The van der Waals surface area contributed by atoms with E-state index in [0.29, 0.717) is 39.1 Å². The van der Waals surface area contributed by atoms with E-state index in [1.165, 1.54) is 0 Å². The number of aliphatic hydroxyl groups is 4. The minimum Gasteiger partial charge on any atom is -0.393 e. The number of benzene rings is 1. The summed E-state index contributed by atoms with van der Waals surface area (Å²) >= 11 is 0. The third-order valence-electron chi connectivity index (χ3n) is 3.99. The highest BCUT2D eigenvalue weighted by Crippen LogP contribution is 2.17. The number of nitrogens with one attached hydrogen (secondary N) is 1. The standard InChI is InChI=1S/C20H36N2O4/c1-14(23)7-20-8-18(5-6-19(20)10-21-9-15(2)24)13-22(11-16(3)25)12-17(4)26/h5-6,8,14-17,21,23-26H,7,9-13H2,1-4H3. The molecule has 0 radical (unpaired) electrons. The lowest BCUT2D eigenvalue weighted by molar-refractivity contribution is 0.0794. The lowest BCUT2D eigenvalue weighted by Gasteiger charge is -2.25. The van der Waals surface area contributed by atoms with Crippen molar-refractivity contribution in [3.8, 4) is 0 Å². The molecule has 0 bridgehead atoms. The third kappa shape index (κ3) is 9.62. The van der Waals surface area contributed by atoms with E-state index in [4.69, 9.17) is 0 Å². The zero-order valence-corrected chi connectivity index (χ0v) is 16.5. The number of hydrogen-bond acceptors (Lipinski definition) is 6. The van der Waals surface area contributed by atoms with Gasteiger partial charge in [0.15, 0.2) is 0 Å². The van der Waals surface area contributed by atoms with Crippen molar-refractivity contribution >= 4 is 0 Å². The Kier molecular flexibility index (Phi) is 10.3. The molecule has 0 amide bonds. The molecule has 0 saturated heterocycles. The molecule has 0 heterocycles. The maximum atomic E-state index is 9.82. The van der Waals surface area contributed by atoms with Gasteiger partial charge in [-0.15, -0.1) is 0 Å². The fraction of sp³-hybridized carbons (Fsp3) is 0.700. The van der Waals surface area contributed by atoms with E-state index in [0.717, 1.165) is 16.7 Å². The highest BCUT2D eigenvalue weighted by atomic mass is 16.3. The smallest absolute Gasteiger partial charge is 0.0639 e. The topological polar surface area (TPSA) is 96.2 Å². The van der Waals surface area contributed by atoms with E-state index in [2.05, 4.69) is 11.4 Å². The SMILES string of the molecule is CC(O)CNCc1ccc(CN(CC(C)O)CC(C)O)cc1CC(C)O. The zero-order valence-electron chi connectivity index (χ0n) is 16.5. The molecule has 1 aromatic rings. The molecular weight excluding hydrogens is 332 g/mol. The molecule has 0 spiro atoms. The van der Waals surface area contributed by atoms with Gasteiger partial charge in [-0.25, -0.2) is 0 Å². The highest BCUT2D eigenvalue weighted by Gasteiger charge is 2.14. The summed E-state index contributed by atoms with van der Waals surface area (Å²) in [7, 11) is 0. The maximum Gasteiger partial charge on any atom is 0.0639 e. The Morgan fingerprint density at radius 1 is 0.846 bits per heavy atom. The van der Waals surface area contributed by atoms with Crippen LogP contribution >= 0.6 is 0 Å². The van der Waals surface area contributed by atoms with E-state index in [1.807, 2.05) is 17.0 Å². The molecule has 0 aliphatic carbocycles. The Morgan fingerprint density at radius 3 is 1.96 bits per heavy atom. The van der Waals surface area contributed by atoms with Crippen molar-refractivity contribution < 1.29 is 20.4 Å². The molecular formula is C20H36N2O4. The van der Waals surface area contributed by atoms with Crippen LogP contribution in [0.5, 0.6) is 0 Å². The van der Waals surface area contributed by atoms with Crippen molar-refractivity contribution in [1.29, 1.82) is 0 Å². The van der Waals surface area contributed by atoms with Gasteiger partial charge in [-0.2, -0.15) is 0 Å². The molecule has 26 heavy (non-hydrogen) atoms. The summed E-state index contributed by atoms with van der Waals surface area (Å²) in [6.07, 6.45) is -1.20. The van der Waals surface area contributed by atoms with Crippen LogP contribution in [0, 0.1) is 0 Å². The van der Waals surface area contributed by atoms with Gasteiger partial charge in [-0.05, 0) is 50.8 Å². The fourth-order valence-corrected chi connectivity index (χ4v) is 3.08. The van der Waals surface area contributed by atoms with Gasteiger partial charge in [0.25, 0.3) is 0 Å². The molecule has 0 aliphatic rings. The van der Waals surface area contributed by atoms with Gasteiger partial charge >= 0.3 is 0 Å². The summed E-state index contributed by atoms with van der Waals surface area (Å²) in [6, 6.07) is 6.18. The van der Waals surface area contributed by atoms with Crippen molar-refractivity contribution in [2.75, 3.05) is 19.6 Å². The van der Waals surface area contributed by atoms with Crippen LogP contribution in [0.4, 0.5) is 0 Å². The first-order valence-corrected chi connectivity index (χ1v) is 9.43. The minimum atomic E-state index is -0.463. The Bertz CT molecular complexity index is 509. The van der Waals surface area contributed by atoms with Gasteiger partial charge < -0.3 is 25.7 Å². The van der Waals surface area contributed by atoms with E-state index in [9.17, 15) is 20.4 Å². The highest BCUT2D eigenvalue weighted by molar-refractivity contribution is 5.33. The number of hydrogen-bond donors (Lipinski definition) is 5. The minimum absolute atomic E-state index is 0.399. The van der Waals surface area contributed by atoms with Crippen LogP contribution in [0.15, 0.2) is 18.2 Å². The summed E-state index contributed by atoms with van der Waals surface area (Å²) < 4.78 is 0. The predicted octanol–water partition coefficient (Wildman–Crippen LogP) is 0.644. The molecule has 4 unspecified atom stereocenters. The summed E-state index contributed by atoms with van der Waals surface area (Å²) in [5, 5.41) is 41.8. The van der Waals surface area contributed by atoms with Crippen molar-refractivity contribution in [1.82, 2.24) is 10.2 Å². The quantitative estimate of drug-likeness (QED) is 0.372. The van der Waals surface area contributed by atoms with Crippen LogP contribution in [0.25, 0.3) is 0 Å². The van der Waals surface area contributed by atoms with Gasteiger partial charge in [-0.1, -0.05) is 18.2 Å². The average Bonchev–Trinajstić information content (AvgIpc) is 2.47. The van der Waals surface area contributed by atoms with Gasteiger partial charge in [-0.3, -0.25) is 4.90 Å². The van der Waals surface area contributed by atoms with E-state index < -0.39 is 24.4 Å². The Hall–Kier alpha value is -1.02.